The lowest BCUT2D eigenvalue weighted by molar-refractivity contribution is 0.865. The number of H-pyrrole nitrogens is 1. The summed E-state index contributed by atoms with van der Waals surface area (Å²) >= 11 is 10.5. The summed E-state index contributed by atoms with van der Waals surface area (Å²) in [6, 6.07) is 4.12. The molecule has 0 aliphatic rings. The predicted molar refractivity (Wildman–Crippen MR) is 89.7 cm³/mol. The molecule has 0 atom stereocenters. The molecule has 3 rings (SSSR count). The maximum absolute atomic E-state index is 5.33. The fourth-order valence-corrected chi connectivity index (χ4v) is 3.42. The van der Waals surface area contributed by atoms with Gasteiger partial charge in [-0.25, -0.2) is 4.98 Å². The van der Waals surface area contributed by atoms with E-state index in [2.05, 4.69) is 43.9 Å². The number of aromatic amines is 1. The maximum Gasteiger partial charge on any atom is 0.144 e. The molecular formula is C14H12BrN3S2. The highest BCUT2D eigenvalue weighted by Crippen LogP contribution is 2.26. The molecule has 0 saturated heterocycles. The van der Waals surface area contributed by atoms with Crippen molar-refractivity contribution < 1.29 is 0 Å². The Labute approximate surface area is 134 Å². The number of aryl methyl sites for hydroxylation is 1. The molecule has 0 aliphatic carbocycles. The average Bonchev–Trinajstić information content (AvgIpc) is 2.91. The molecule has 0 aliphatic heterocycles. The van der Waals surface area contributed by atoms with Crippen LogP contribution in [0.15, 0.2) is 28.2 Å². The second-order valence-corrected chi connectivity index (χ2v) is 6.59. The number of fused-ring (bicyclic) bond motifs is 1. The van der Waals surface area contributed by atoms with E-state index in [1.807, 2.05) is 17.6 Å². The van der Waals surface area contributed by atoms with Crippen LogP contribution in [0.3, 0.4) is 0 Å². The van der Waals surface area contributed by atoms with Gasteiger partial charge in [0.25, 0.3) is 0 Å². The van der Waals surface area contributed by atoms with Crippen molar-refractivity contribution in [3.63, 3.8) is 0 Å². The summed E-state index contributed by atoms with van der Waals surface area (Å²) in [6.45, 7) is 2.14. The van der Waals surface area contributed by atoms with Crippen molar-refractivity contribution in [2.45, 2.75) is 19.8 Å². The molecule has 0 saturated carbocycles. The van der Waals surface area contributed by atoms with E-state index in [4.69, 9.17) is 12.2 Å². The number of thiophene rings is 1. The van der Waals surface area contributed by atoms with Gasteiger partial charge in [0.1, 0.15) is 10.5 Å². The number of rotatable bonds is 3. The second kappa shape index (κ2) is 5.71. The van der Waals surface area contributed by atoms with E-state index in [-0.39, 0.29) is 0 Å². The Morgan fingerprint density at radius 2 is 2.30 bits per heavy atom. The molecule has 0 fully saturated rings. The number of hydrogen-bond donors (Lipinski definition) is 1. The lowest BCUT2D eigenvalue weighted by Gasteiger charge is -2.07. The van der Waals surface area contributed by atoms with Crippen molar-refractivity contribution in [3.8, 4) is 11.4 Å². The highest BCUT2D eigenvalue weighted by molar-refractivity contribution is 9.10. The van der Waals surface area contributed by atoms with Crippen LogP contribution in [0.4, 0.5) is 0 Å². The lowest BCUT2D eigenvalue weighted by atomic mass is 10.2. The molecule has 102 valence electrons. The van der Waals surface area contributed by atoms with Gasteiger partial charge in [0, 0.05) is 17.5 Å². The van der Waals surface area contributed by atoms with Crippen LogP contribution in [0.1, 0.15) is 19.0 Å². The summed E-state index contributed by atoms with van der Waals surface area (Å²) in [7, 11) is 0. The van der Waals surface area contributed by atoms with Crippen LogP contribution in [0.25, 0.3) is 21.6 Å². The minimum atomic E-state index is 0.591. The first kappa shape index (κ1) is 13.9. The van der Waals surface area contributed by atoms with E-state index in [0.717, 1.165) is 44.6 Å². The Kier molecular flexibility index (Phi) is 3.96. The molecule has 0 bridgehead atoms. The average molecular weight is 366 g/mol. The van der Waals surface area contributed by atoms with Gasteiger partial charge in [-0.15, -0.1) is 11.3 Å². The number of pyridine rings is 1. The van der Waals surface area contributed by atoms with Crippen LogP contribution in [0, 0.1) is 4.64 Å². The van der Waals surface area contributed by atoms with Gasteiger partial charge in [0.05, 0.1) is 14.7 Å². The minimum absolute atomic E-state index is 0.591. The molecule has 3 nitrogen and oxygen atoms in total. The van der Waals surface area contributed by atoms with Gasteiger partial charge in [-0.2, -0.15) is 0 Å². The fraction of sp³-hybridized carbons (Fsp3) is 0.214. The molecule has 1 N–H and O–H groups in total. The Balaban J connectivity index is 2.15. The van der Waals surface area contributed by atoms with Crippen molar-refractivity contribution in [2.75, 3.05) is 0 Å². The smallest absolute Gasteiger partial charge is 0.144 e. The number of halogens is 1. The zero-order chi connectivity index (χ0) is 14.1. The molecule has 0 spiro atoms. The summed E-state index contributed by atoms with van der Waals surface area (Å²) < 4.78 is 2.64. The van der Waals surface area contributed by atoms with E-state index >= 15 is 0 Å². The molecule has 3 aromatic rings. The maximum atomic E-state index is 5.33. The van der Waals surface area contributed by atoms with Crippen molar-refractivity contribution in [3.05, 3.63) is 38.5 Å². The van der Waals surface area contributed by atoms with Crippen LogP contribution in [-0.2, 0) is 6.42 Å². The summed E-state index contributed by atoms with van der Waals surface area (Å²) in [4.78, 5) is 12.3. The molecule has 3 heterocycles. The van der Waals surface area contributed by atoms with Crippen LogP contribution in [0.5, 0.6) is 0 Å². The predicted octanol–water partition coefficient (Wildman–Crippen LogP) is 5.13. The standard InChI is InChI=1S/C14H12BrN3S2/c1-2-3-10-12(15)14(19)18-13(17-10)8-6-11-9(16-7-8)4-5-20-11/h4-7H,2-3H2,1H3,(H,17,18,19). The largest absolute Gasteiger partial charge is 0.342 e. The Hall–Kier alpha value is -1.11. The van der Waals surface area contributed by atoms with Gasteiger partial charge in [0.2, 0.25) is 0 Å². The molecule has 6 heteroatoms. The first-order valence-electron chi connectivity index (χ1n) is 6.31. The molecule has 0 amide bonds. The highest BCUT2D eigenvalue weighted by Gasteiger charge is 2.09. The second-order valence-electron chi connectivity index (χ2n) is 4.46. The van der Waals surface area contributed by atoms with Crippen LogP contribution in [0.2, 0.25) is 0 Å². The highest BCUT2D eigenvalue weighted by atomic mass is 79.9. The topological polar surface area (TPSA) is 41.6 Å². The number of hydrogen-bond acceptors (Lipinski definition) is 4. The lowest BCUT2D eigenvalue weighted by Crippen LogP contribution is -1.98. The molecule has 3 aromatic heterocycles. The Morgan fingerprint density at radius 1 is 1.45 bits per heavy atom. The van der Waals surface area contributed by atoms with E-state index in [1.165, 1.54) is 0 Å². The first-order chi connectivity index (χ1) is 9.69. The molecule has 0 radical (unpaired) electrons. The summed E-state index contributed by atoms with van der Waals surface area (Å²) in [6.07, 6.45) is 3.83. The molecule has 20 heavy (non-hydrogen) atoms. The number of nitrogens with zero attached hydrogens (tertiary/aromatic N) is 2. The molecular weight excluding hydrogens is 354 g/mol. The van der Waals surface area contributed by atoms with Gasteiger partial charge >= 0.3 is 0 Å². The minimum Gasteiger partial charge on any atom is -0.342 e. The zero-order valence-corrected chi connectivity index (χ0v) is 14.0. The third-order valence-electron chi connectivity index (χ3n) is 3.01. The van der Waals surface area contributed by atoms with Crippen molar-refractivity contribution in [2.24, 2.45) is 0 Å². The molecule has 0 aromatic carbocycles. The number of nitrogens with one attached hydrogen (secondary N) is 1. The quantitative estimate of drug-likeness (QED) is 0.654. The third kappa shape index (κ3) is 2.55. The van der Waals surface area contributed by atoms with Gasteiger partial charge in [-0.05, 0) is 39.9 Å². The normalized spacial score (nSPS) is 11.1. The SMILES string of the molecule is CCCc1[nH]c(-c2cnc3ccsc3c2)nc(=S)c1Br. The van der Waals surface area contributed by atoms with E-state index in [1.54, 1.807) is 11.3 Å². The first-order valence-corrected chi connectivity index (χ1v) is 8.39. The van der Waals surface area contributed by atoms with Gasteiger partial charge in [0.15, 0.2) is 0 Å². The van der Waals surface area contributed by atoms with Crippen LogP contribution >= 0.6 is 39.5 Å². The fourth-order valence-electron chi connectivity index (χ4n) is 2.04. The summed E-state index contributed by atoms with van der Waals surface area (Å²) in [5.41, 5.74) is 3.08. The van der Waals surface area contributed by atoms with Crippen molar-refractivity contribution in [1.29, 1.82) is 0 Å². The zero-order valence-electron chi connectivity index (χ0n) is 10.8. The van der Waals surface area contributed by atoms with E-state index in [9.17, 15) is 0 Å². The Bertz CT molecular complexity index is 823. The van der Waals surface area contributed by atoms with E-state index < -0.39 is 0 Å². The third-order valence-corrected chi connectivity index (χ3v) is 5.28. The van der Waals surface area contributed by atoms with Crippen LogP contribution in [-0.4, -0.2) is 15.0 Å². The van der Waals surface area contributed by atoms with Gasteiger partial charge in [-0.3, -0.25) is 4.98 Å². The van der Waals surface area contributed by atoms with Gasteiger partial charge < -0.3 is 4.98 Å². The Morgan fingerprint density at radius 3 is 3.10 bits per heavy atom. The monoisotopic (exact) mass is 365 g/mol. The van der Waals surface area contributed by atoms with Crippen molar-refractivity contribution >= 4 is 49.7 Å². The van der Waals surface area contributed by atoms with Crippen LogP contribution < -0.4 is 0 Å². The molecule has 0 unspecified atom stereocenters. The number of aromatic nitrogens is 3. The summed E-state index contributed by atoms with van der Waals surface area (Å²) in [5.74, 6) is 0.782. The van der Waals surface area contributed by atoms with Gasteiger partial charge in [-0.1, -0.05) is 25.6 Å². The van der Waals surface area contributed by atoms with Crippen molar-refractivity contribution in [1.82, 2.24) is 15.0 Å². The van der Waals surface area contributed by atoms with E-state index in [0.29, 0.717) is 4.64 Å². The summed E-state index contributed by atoms with van der Waals surface area (Å²) in [5, 5.41) is 2.04.